The van der Waals surface area contributed by atoms with Gasteiger partial charge in [-0.25, -0.2) is 9.78 Å². The van der Waals surface area contributed by atoms with E-state index in [0.717, 1.165) is 70.6 Å². The minimum absolute atomic E-state index is 0.224. The molecule has 0 spiro atoms. The fraction of sp³-hybridized carbons (Fsp3) is 0.333. The standard InChI is InChI=1S/C33H35N3O6/c1-3-5-15-36-26(31(33(37)38-4-2)34-32(36)25-9-7-6-8-10-25)20-35(18-23-11-13-27-29(16-23)41-21-39-27)19-24-12-14-28-30(17-24)42-22-40-28/h6-14,16-17H,3-5,15,18-22H2,1-2H3. The predicted molar refractivity (Wildman–Crippen MR) is 157 cm³/mol. The molecule has 0 fully saturated rings. The zero-order valence-electron chi connectivity index (χ0n) is 24.0. The largest absolute Gasteiger partial charge is 0.461 e. The van der Waals surface area contributed by atoms with Crippen molar-refractivity contribution >= 4 is 5.97 Å². The van der Waals surface area contributed by atoms with Crippen LogP contribution in [0.2, 0.25) is 0 Å². The first kappa shape index (κ1) is 27.7. The highest BCUT2D eigenvalue weighted by Crippen LogP contribution is 2.35. The van der Waals surface area contributed by atoms with Crippen LogP contribution in [0.1, 0.15) is 54.0 Å². The number of rotatable bonds is 12. The van der Waals surface area contributed by atoms with E-state index in [0.29, 0.717) is 25.3 Å². The molecule has 0 saturated carbocycles. The molecule has 6 rings (SSSR count). The van der Waals surface area contributed by atoms with Crippen molar-refractivity contribution in [2.24, 2.45) is 0 Å². The molecular weight excluding hydrogens is 534 g/mol. The van der Waals surface area contributed by atoms with Crippen LogP contribution < -0.4 is 18.9 Å². The molecule has 3 aromatic carbocycles. The molecule has 0 atom stereocenters. The number of benzene rings is 3. The first-order valence-corrected chi connectivity index (χ1v) is 14.4. The van der Waals surface area contributed by atoms with E-state index in [9.17, 15) is 4.79 Å². The second-order valence-corrected chi connectivity index (χ2v) is 10.3. The number of nitrogens with zero attached hydrogens (tertiary/aromatic N) is 3. The lowest BCUT2D eigenvalue weighted by molar-refractivity contribution is 0.0517. The van der Waals surface area contributed by atoms with Gasteiger partial charge in [0.15, 0.2) is 28.7 Å². The topological polar surface area (TPSA) is 84.3 Å². The van der Waals surface area contributed by atoms with E-state index in [2.05, 4.69) is 28.5 Å². The van der Waals surface area contributed by atoms with Crippen LogP contribution in [0.25, 0.3) is 11.4 Å². The lowest BCUT2D eigenvalue weighted by Crippen LogP contribution is -2.26. The number of aromatic nitrogens is 2. The van der Waals surface area contributed by atoms with E-state index < -0.39 is 5.97 Å². The molecule has 9 heteroatoms. The van der Waals surface area contributed by atoms with Gasteiger partial charge in [0.2, 0.25) is 13.6 Å². The molecule has 2 aliphatic heterocycles. The summed E-state index contributed by atoms with van der Waals surface area (Å²) in [7, 11) is 0. The molecule has 0 N–H and O–H groups in total. The van der Waals surface area contributed by atoms with Gasteiger partial charge in [0.05, 0.1) is 12.3 Å². The molecule has 9 nitrogen and oxygen atoms in total. The summed E-state index contributed by atoms with van der Waals surface area (Å²) in [4.78, 5) is 20.5. The third-order valence-corrected chi connectivity index (χ3v) is 7.37. The van der Waals surface area contributed by atoms with Crippen molar-refractivity contribution in [2.45, 2.75) is 52.9 Å². The van der Waals surface area contributed by atoms with Gasteiger partial charge in [-0.2, -0.15) is 0 Å². The number of carbonyl (C=O) groups excluding carboxylic acids is 1. The quantitative estimate of drug-likeness (QED) is 0.187. The second-order valence-electron chi connectivity index (χ2n) is 10.3. The fourth-order valence-electron chi connectivity index (χ4n) is 5.35. The monoisotopic (exact) mass is 569 g/mol. The second kappa shape index (κ2) is 12.6. The number of imidazole rings is 1. The molecule has 0 bridgehead atoms. The number of fused-ring (bicyclic) bond motifs is 2. The van der Waals surface area contributed by atoms with Gasteiger partial charge in [0, 0.05) is 31.7 Å². The summed E-state index contributed by atoms with van der Waals surface area (Å²) in [6, 6.07) is 22.0. The number of unbranched alkanes of at least 4 members (excludes halogenated alkanes) is 1. The number of ether oxygens (including phenoxy) is 5. The van der Waals surface area contributed by atoms with Gasteiger partial charge in [-0.3, -0.25) is 4.90 Å². The van der Waals surface area contributed by atoms with E-state index in [1.807, 2.05) is 61.5 Å². The van der Waals surface area contributed by atoms with Crippen molar-refractivity contribution < 1.29 is 28.5 Å². The molecule has 0 saturated heterocycles. The molecule has 0 unspecified atom stereocenters. The van der Waals surface area contributed by atoms with E-state index >= 15 is 0 Å². The Labute approximate surface area is 245 Å². The first-order valence-electron chi connectivity index (χ1n) is 14.4. The maximum Gasteiger partial charge on any atom is 0.358 e. The van der Waals surface area contributed by atoms with Gasteiger partial charge in [-0.1, -0.05) is 55.8 Å². The number of hydrogen-bond donors (Lipinski definition) is 0. The van der Waals surface area contributed by atoms with E-state index in [4.69, 9.17) is 28.7 Å². The van der Waals surface area contributed by atoms with Crippen molar-refractivity contribution in [1.29, 1.82) is 0 Å². The van der Waals surface area contributed by atoms with Crippen LogP contribution in [0, 0.1) is 0 Å². The smallest absolute Gasteiger partial charge is 0.358 e. The van der Waals surface area contributed by atoms with Crippen LogP contribution in [0.3, 0.4) is 0 Å². The molecule has 0 aliphatic carbocycles. The van der Waals surface area contributed by atoms with Gasteiger partial charge in [-0.05, 0) is 48.7 Å². The van der Waals surface area contributed by atoms with Crippen LogP contribution in [0.4, 0.5) is 0 Å². The average Bonchev–Trinajstić information content (AvgIpc) is 3.75. The van der Waals surface area contributed by atoms with Crippen LogP contribution in [0.5, 0.6) is 23.0 Å². The van der Waals surface area contributed by atoms with Gasteiger partial charge in [-0.15, -0.1) is 0 Å². The lowest BCUT2D eigenvalue weighted by Gasteiger charge is -2.24. The summed E-state index contributed by atoms with van der Waals surface area (Å²) >= 11 is 0. The van der Waals surface area contributed by atoms with Gasteiger partial charge >= 0.3 is 5.97 Å². The maximum absolute atomic E-state index is 13.3. The third kappa shape index (κ3) is 5.92. The van der Waals surface area contributed by atoms with Crippen molar-refractivity contribution in [3.8, 4) is 34.4 Å². The molecule has 1 aromatic heterocycles. The van der Waals surface area contributed by atoms with Gasteiger partial charge in [0.25, 0.3) is 0 Å². The number of esters is 1. The van der Waals surface area contributed by atoms with E-state index in [1.54, 1.807) is 0 Å². The average molecular weight is 570 g/mol. The molecule has 218 valence electrons. The van der Waals surface area contributed by atoms with Crippen molar-refractivity contribution in [1.82, 2.24) is 14.5 Å². The summed E-state index contributed by atoms with van der Waals surface area (Å²) in [5.74, 6) is 3.33. The van der Waals surface area contributed by atoms with Crippen LogP contribution in [-0.2, 0) is 30.9 Å². The maximum atomic E-state index is 13.3. The van der Waals surface area contributed by atoms with Crippen molar-refractivity contribution in [2.75, 3.05) is 20.2 Å². The van der Waals surface area contributed by atoms with Crippen LogP contribution in [-0.4, -0.2) is 40.6 Å². The number of carbonyl (C=O) groups is 1. The highest BCUT2D eigenvalue weighted by Gasteiger charge is 2.27. The Kier molecular flexibility index (Phi) is 8.28. The highest BCUT2D eigenvalue weighted by molar-refractivity contribution is 5.89. The Bertz CT molecular complexity index is 1490. The van der Waals surface area contributed by atoms with Gasteiger partial charge < -0.3 is 28.3 Å². The summed E-state index contributed by atoms with van der Waals surface area (Å²) in [5, 5.41) is 0. The van der Waals surface area contributed by atoms with Gasteiger partial charge in [0.1, 0.15) is 5.82 Å². The highest BCUT2D eigenvalue weighted by atomic mass is 16.7. The minimum atomic E-state index is -0.411. The lowest BCUT2D eigenvalue weighted by atomic mass is 10.1. The Morgan fingerprint density at radius 3 is 2.05 bits per heavy atom. The van der Waals surface area contributed by atoms with Crippen molar-refractivity contribution in [3.05, 3.63) is 89.2 Å². The SMILES string of the molecule is CCCCn1c(-c2ccccc2)nc(C(=O)OCC)c1CN(Cc1ccc2c(c1)OCO2)Cc1ccc2c(c1)OCO2. The molecule has 3 heterocycles. The summed E-state index contributed by atoms with van der Waals surface area (Å²) in [6.45, 7) is 7.12. The Balaban J connectivity index is 1.40. The predicted octanol–water partition coefficient (Wildman–Crippen LogP) is 6.19. The van der Waals surface area contributed by atoms with E-state index in [-0.39, 0.29) is 20.2 Å². The van der Waals surface area contributed by atoms with E-state index in [1.165, 1.54) is 0 Å². The Hall–Kier alpha value is -4.50. The zero-order chi connectivity index (χ0) is 28.9. The van der Waals surface area contributed by atoms with Crippen LogP contribution >= 0.6 is 0 Å². The molecule has 2 aliphatic rings. The van der Waals surface area contributed by atoms with Crippen molar-refractivity contribution in [3.63, 3.8) is 0 Å². The molecule has 4 aromatic rings. The van der Waals surface area contributed by atoms with Crippen LogP contribution in [0.15, 0.2) is 66.7 Å². The minimum Gasteiger partial charge on any atom is -0.461 e. The first-order chi connectivity index (χ1) is 20.6. The molecule has 0 radical (unpaired) electrons. The molecule has 0 amide bonds. The summed E-state index contributed by atoms with van der Waals surface area (Å²) in [5.41, 5.74) is 4.29. The summed E-state index contributed by atoms with van der Waals surface area (Å²) in [6.07, 6.45) is 1.97. The fourth-order valence-corrected chi connectivity index (χ4v) is 5.35. The normalized spacial score (nSPS) is 13.1. The zero-order valence-corrected chi connectivity index (χ0v) is 24.0. The Morgan fingerprint density at radius 1 is 0.833 bits per heavy atom. The molecule has 42 heavy (non-hydrogen) atoms. The number of hydrogen-bond acceptors (Lipinski definition) is 8. The Morgan fingerprint density at radius 2 is 1.45 bits per heavy atom. The molecular formula is C33H35N3O6. The third-order valence-electron chi connectivity index (χ3n) is 7.37. The summed E-state index contributed by atoms with van der Waals surface area (Å²) < 4.78 is 30.1.